The van der Waals surface area contributed by atoms with Crippen molar-refractivity contribution in [2.24, 2.45) is 0 Å². The van der Waals surface area contributed by atoms with Crippen LogP contribution in [0, 0.1) is 34.0 Å². The van der Waals surface area contributed by atoms with Gasteiger partial charge >= 0.3 is 0 Å². The van der Waals surface area contributed by atoms with Crippen LogP contribution in [0.15, 0.2) is 59.8 Å². The summed E-state index contributed by atoms with van der Waals surface area (Å²) in [5.41, 5.74) is 1.12. The van der Waals surface area contributed by atoms with E-state index in [1.807, 2.05) is 43.3 Å². The van der Waals surface area contributed by atoms with E-state index in [2.05, 4.69) is 5.32 Å². The highest BCUT2D eigenvalue weighted by Crippen LogP contribution is 2.20. The molecular weight excluding hydrogens is 328 g/mol. The van der Waals surface area contributed by atoms with E-state index in [4.69, 9.17) is 25.3 Å². The maximum Gasteiger partial charge on any atom is 0.163 e. The van der Waals surface area contributed by atoms with Gasteiger partial charge in [-0.25, -0.2) is 0 Å². The van der Waals surface area contributed by atoms with E-state index in [9.17, 15) is 0 Å². The Hall–Kier alpha value is -3.95. The van der Waals surface area contributed by atoms with E-state index in [1.54, 1.807) is 30.3 Å². The topological polar surface area (TPSA) is 102 Å². The Bertz CT molecular complexity index is 897. The first-order valence-electron chi connectivity index (χ1n) is 7.86. The van der Waals surface area contributed by atoms with Crippen molar-refractivity contribution in [1.29, 1.82) is 15.8 Å². The minimum Gasteiger partial charge on any atom is -0.494 e. The summed E-state index contributed by atoms with van der Waals surface area (Å²) in [6, 6.07) is 19.8. The molecule has 0 unspecified atom stereocenters. The Balaban J connectivity index is 2.05. The first kappa shape index (κ1) is 18.4. The van der Waals surface area contributed by atoms with Crippen molar-refractivity contribution in [3.8, 4) is 29.7 Å². The lowest BCUT2D eigenvalue weighted by Crippen LogP contribution is -2.02. The molecule has 0 saturated carbocycles. The standard InChI is InChI=1S/C20H16N4O2/c1-2-25-18-6-8-19(9-7-18)26-14-15-4-3-5-17(10-15)24-20(13-23)16(11-21)12-22/h3-10,24H,2,14H2,1H3. The molecule has 6 nitrogen and oxygen atoms in total. The van der Waals surface area contributed by atoms with Crippen molar-refractivity contribution in [2.45, 2.75) is 13.5 Å². The molecule has 0 amide bonds. The van der Waals surface area contributed by atoms with Crippen LogP contribution in [0.3, 0.4) is 0 Å². The van der Waals surface area contributed by atoms with Crippen LogP contribution >= 0.6 is 0 Å². The Kier molecular flexibility index (Phi) is 6.63. The molecule has 2 rings (SSSR count). The van der Waals surface area contributed by atoms with Gasteiger partial charge in [0.2, 0.25) is 0 Å². The monoisotopic (exact) mass is 344 g/mol. The lowest BCUT2D eigenvalue weighted by molar-refractivity contribution is 0.304. The van der Waals surface area contributed by atoms with E-state index in [0.717, 1.165) is 11.3 Å². The molecule has 0 aliphatic heterocycles. The number of hydrogen-bond donors (Lipinski definition) is 1. The van der Waals surface area contributed by atoms with E-state index in [-0.39, 0.29) is 11.3 Å². The van der Waals surface area contributed by atoms with Crippen molar-refractivity contribution >= 4 is 5.69 Å². The number of ether oxygens (including phenoxy) is 2. The zero-order valence-electron chi connectivity index (χ0n) is 14.2. The van der Waals surface area contributed by atoms with Crippen LogP contribution < -0.4 is 14.8 Å². The third-order valence-corrected chi connectivity index (χ3v) is 3.32. The third-order valence-electron chi connectivity index (χ3n) is 3.32. The highest BCUT2D eigenvalue weighted by atomic mass is 16.5. The molecule has 0 aliphatic rings. The number of allylic oxidation sites excluding steroid dienone is 2. The first-order valence-corrected chi connectivity index (χ1v) is 7.86. The molecule has 128 valence electrons. The molecule has 0 atom stereocenters. The number of hydrogen-bond acceptors (Lipinski definition) is 6. The molecule has 0 aliphatic carbocycles. The fraction of sp³-hybridized carbons (Fsp3) is 0.150. The molecular formula is C20H16N4O2. The Labute approximate surface area is 152 Å². The lowest BCUT2D eigenvalue weighted by Gasteiger charge is -2.10. The quantitative estimate of drug-likeness (QED) is 0.764. The van der Waals surface area contributed by atoms with E-state index >= 15 is 0 Å². The van der Waals surface area contributed by atoms with Crippen LogP contribution in [0.1, 0.15) is 12.5 Å². The second-order valence-corrected chi connectivity index (χ2v) is 5.10. The number of nitriles is 3. The fourth-order valence-corrected chi connectivity index (χ4v) is 2.13. The fourth-order valence-electron chi connectivity index (χ4n) is 2.13. The van der Waals surface area contributed by atoms with E-state index in [0.29, 0.717) is 24.7 Å². The number of nitrogens with one attached hydrogen (secondary N) is 1. The minimum atomic E-state index is -0.261. The van der Waals surface area contributed by atoms with Crippen molar-refractivity contribution in [1.82, 2.24) is 0 Å². The van der Waals surface area contributed by atoms with Crippen molar-refractivity contribution in [3.05, 3.63) is 65.4 Å². The molecule has 0 fully saturated rings. The van der Waals surface area contributed by atoms with Crippen LogP contribution in [0.2, 0.25) is 0 Å². The number of anilines is 1. The normalized spacial score (nSPS) is 9.15. The average molecular weight is 344 g/mol. The van der Waals surface area contributed by atoms with Gasteiger partial charge < -0.3 is 14.8 Å². The van der Waals surface area contributed by atoms with Gasteiger partial charge in [0.15, 0.2) is 5.57 Å². The zero-order valence-corrected chi connectivity index (χ0v) is 14.2. The number of rotatable bonds is 7. The summed E-state index contributed by atoms with van der Waals surface area (Å²) in [5.74, 6) is 1.49. The predicted molar refractivity (Wildman–Crippen MR) is 95.9 cm³/mol. The Morgan fingerprint density at radius 2 is 1.58 bits per heavy atom. The van der Waals surface area contributed by atoms with Gasteiger partial charge in [0, 0.05) is 5.69 Å². The summed E-state index contributed by atoms with van der Waals surface area (Å²) in [5, 5.41) is 29.6. The smallest absolute Gasteiger partial charge is 0.163 e. The molecule has 6 heteroatoms. The minimum absolute atomic E-state index is 0.0837. The maximum absolute atomic E-state index is 9.09. The molecule has 2 aromatic carbocycles. The Morgan fingerprint density at radius 3 is 2.15 bits per heavy atom. The summed E-state index contributed by atoms with van der Waals surface area (Å²) >= 11 is 0. The molecule has 0 spiro atoms. The largest absolute Gasteiger partial charge is 0.494 e. The summed E-state index contributed by atoms with van der Waals surface area (Å²) in [4.78, 5) is 0. The van der Waals surface area contributed by atoms with Gasteiger partial charge in [-0.3, -0.25) is 0 Å². The van der Waals surface area contributed by atoms with Gasteiger partial charge in [0.1, 0.15) is 42.0 Å². The maximum atomic E-state index is 9.09. The van der Waals surface area contributed by atoms with Gasteiger partial charge in [0.05, 0.1) is 6.61 Å². The molecule has 0 radical (unpaired) electrons. The first-order chi connectivity index (χ1) is 12.7. The van der Waals surface area contributed by atoms with E-state index < -0.39 is 0 Å². The van der Waals surface area contributed by atoms with Crippen molar-refractivity contribution in [3.63, 3.8) is 0 Å². The summed E-state index contributed by atoms with van der Waals surface area (Å²) in [7, 11) is 0. The summed E-state index contributed by atoms with van der Waals surface area (Å²) in [6.45, 7) is 2.87. The molecule has 0 saturated heterocycles. The van der Waals surface area contributed by atoms with Crippen molar-refractivity contribution < 1.29 is 9.47 Å². The van der Waals surface area contributed by atoms with Gasteiger partial charge in [-0.1, -0.05) is 12.1 Å². The molecule has 0 heterocycles. The summed E-state index contributed by atoms with van der Waals surface area (Å²) < 4.78 is 11.1. The van der Waals surface area contributed by atoms with Crippen LogP contribution in [-0.4, -0.2) is 6.61 Å². The van der Waals surface area contributed by atoms with Gasteiger partial charge in [-0.2, -0.15) is 15.8 Å². The van der Waals surface area contributed by atoms with Crippen LogP contribution in [0.25, 0.3) is 0 Å². The van der Waals surface area contributed by atoms with Crippen molar-refractivity contribution in [2.75, 3.05) is 11.9 Å². The molecule has 1 N–H and O–H groups in total. The highest BCUT2D eigenvalue weighted by Gasteiger charge is 2.06. The SMILES string of the molecule is CCOc1ccc(OCc2cccc(NC(C#N)=C(C#N)C#N)c2)cc1. The molecule has 0 aromatic heterocycles. The number of benzene rings is 2. The van der Waals surface area contributed by atoms with Gasteiger partial charge in [0.25, 0.3) is 0 Å². The van der Waals surface area contributed by atoms with Crippen LogP contribution in [-0.2, 0) is 6.61 Å². The zero-order chi connectivity index (χ0) is 18.8. The molecule has 2 aromatic rings. The lowest BCUT2D eigenvalue weighted by atomic mass is 10.2. The predicted octanol–water partition coefficient (Wildman–Crippen LogP) is 3.90. The third kappa shape index (κ3) is 5.03. The van der Waals surface area contributed by atoms with Crippen LogP contribution in [0.4, 0.5) is 5.69 Å². The van der Waals surface area contributed by atoms with E-state index in [1.165, 1.54) is 0 Å². The number of nitrogens with zero attached hydrogens (tertiary/aromatic N) is 3. The second-order valence-electron chi connectivity index (χ2n) is 5.10. The Morgan fingerprint density at radius 1 is 0.923 bits per heavy atom. The molecule has 0 bridgehead atoms. The second kappa shape index (κ2) is 9.37. The summed E-state index contributed by atoms with van der Waals surface area (Å²) in [6.07, 6.45) is 0. The molecule has 26 heavy (non-hydrogen) atoms. The highest BCUT2D eigenvalue weighted by molar-refractivity contribution is 5.58. The average Bonchev–Trinajstić information content (AvgIpc) is 2.68. The van der Waals surface area contributed by atoms with Gasteiger partial charge in [-0.05, 0) is 48.9 Å². The van der Waals surface area contributed by atoms with Gasteiger partial charge in [-0.15, -0.1) is 0 Å². The van der Waals surface area contributed by atoms with Crippen LogP contribution in [0.5, 0.6) is 11.5 Å².